The molecule has 0 aromatic heterocycles. The molecule has 3 aliphatic carbocycles. The van der Waals surface area contributed by atoms with Gasteiger partial charge in [0.15, 0.2) is 0 Å². The van der Waals surface area contributed by atoms with Crippen molar-refractivity contribution in [1.82, 2.24) is 0 Å². The quantitative estimate of drug-likeness (QED) is 0.518. The Labute approximate surface area is 149 Å². The van der Waals surface area contributed by atoms with Crippen molar-refractivity contribution in [3.8, 4) is 0 Å². The van der Waals surface area contributed by atoms with Crippen molar-refractivity contribution in [3.63, 3.8) is 0 Å². The molecular formula is C23H36O. The summed E-state index contributed by atoms with van der Waals surface area (Å²) in [7, 11) is 0. The maximum atomic E-state index is 5.90. The summed E-state index contributed by atoms with van der Waals surface area (Å²) in [5.74, 6) is 3.59. The molecule has 0 radical (unpaired) electrons. The van der Waals surface area contributed by atoms with Crippen LogP contribution in [0.1, 0.15) is 64.7 Å². The van der Waals surface area contributed by atoms with Gasteiger partial charge in [-0.05, 0) is 88.4 Å². The summed E-state index contributed by atoms with van der Waals surface area (Å²) in [6.07, 6.45) is 24.0. The average Bonchev–Trinajstić information content (AvgIpc) is 2.67. The van der Waals surface area contributed by atoms with E-state index in [0.717, 1.165) is 36.9 Å². The minimum absolute atomic E-state index is 0.274. The molecule has 0 aliphatic heterocycles. The molecule has 1 atom stereocenters. The van der Waals surface area contributed by atoms with E-state index in [4.69, 9.17) is 4.74 Å². The van der Waals surface area contributed by atoms with Crippen molar-refractivity contribution in [2.45, 2.75) is 64.7 Å². The molecule has 1 heteroatoms. The zero-order valence-corrected chi connectivity index (χ0v) is 15.6. The first-order valence-electron chi connectivity index (χ1n) is 10.3. The number of hydrogen-bond donors (Lipinski definition) is 0. The first-order chi connectivity index (χ1) is 11.8. The number of allylic oxidation sites excluding steroid dienone is 4. The molecule has 1 nitrogen and oxygen atoms in total. The Morgan fingerprint density at radius 1 is 1.00 bits per heavy atom. The summed E-state index contributed by atoms with van der Waals surface area (Å²) in [6.45, 7) is 7.85. The molecular weight excluding hydrogens is 292 g/mol. The minimum atomic E-state index is 0.274. The highest BCUT2D eigenvalue weighted by Gasteiger charge is 2.40. The highest BCUT2D eigenvalue weighted by molar-refractivity contribution is 5.18. The van der Waals surface area contributed by atoms with Crippen molar-refractivity contribution in [2.24, 2.45) is 29.1 Å². The van der Waals surface area contributed by atoms with Crippen LogP contribution in [0.25, 0.3) is 0 Å². The Kier molecular flexibility index (Phi) is 6.38. The van der Waals surface area contributed by atoms with Gasteiger partial charge in [-0.3, -0.25) is 0 Å². The Balaban J connectivity index is 1.54. The topological polar surface area (TPSA) is 9.23 Å². The minimum Gasteiger partial charge on any atom is -0.381 e. The van der Waals surface area contributed by atoms with Crippen LogP contribution in [-0.2, 0) is 4.74 Å². The Bertz CT molecular complexity index is 447. The monoisotopic (exact) mass is 328 g/mol. The van der Waals surface area contributed by atoms with Crippen LogP contribution in [0.2, 0.25) is 0 Å². The van der Waals surface area contributed by atoms with Gasteiger partial charge in [0.25, 0.3) is 0 Å². The Hall–Kier alpha value is -0.820. The van der Waals surface area contributed by atoms with Gasteiger partial charge in [0, 0.05) is 12.0 Å². The van der Waals surface area contributed by atoms with E-state index in [0.29, 0.717) is 0 Å². The standard InChI is InChI=1S/C23H36O/c1-3-19-8-10-20(11-9-19)21-12-14-22(15-13-21)23(18-24-4-2)16-6-5-7-17-23/h3,5-7,16,19-22H,1,4,8-15,17-18H2,2H3/t19-,20-,21-,22-,23?. The molecule has 0 amide bonds. The Morgan fingerprint density at radius 3 is 2.21 bits per heavy atom. The van der Waals surface area contributed by atoms with E-state index in [1.807, 2.05) is 0 Å². The molecule has 0 saturated heterocycles. The first kappa shape index (κ1) is 18.0. The molecule has 2 saturated carbocycles. The third-order valence-electron chi connectivity index (χ3n) is 7.15. The normalized spacial score (nSPS) is 39.7. The molecule has 0 bridgehead atoms. The first-order valence-corrected chi connectivity index (χ1v) is 10.3. The van der Waals surface area contributed by atoms with E-state index in [9.17, 15) is 0 Å². The van der Waals surface area contributed by atoms with Crippen LogP contribution in [0, 0.1) is 29.1 Å². The van der Waals surface area contributed by atoms with Gasteiger partial charge < -0.3 is 4.74 Å². The van der Waals surface area contributed by atoms with Gasteiger partial charge in [-0.2, -0.15) is 0 Å². The second-order valence-corrected chi connectivity index (χ2v) is 8.38. The fourth-order valence-corrected chi connectivity index (χ4v) is 5.52. The summed E-state index contributed by atoms with van der Waals surface area (Å²) in [5.41, 5.74) is 0.274. The van der Waals surface area contributed by atoms with Crippen molar-refractivity contribution in [3.05, 3.63) is 37.0 Å². The lowest BCUT2D eigenvalue weighted by atomic mass is 9.62. The van der Waals surface area contributed by atoms with Crippen molar-refractivity contribution in [1.29, 1.82) is 0 Å². The summed E-state index contributed by atoms with van der Waals surface area (Å²) in [5, 5.41) is 0. The van der Waals surface area contributed by atoms with Crippen LogP contribution in [0.4, 0.5) is 0 Å². The van der Waals surface area contributed by atoms with Gasteiger partial charge in [0.05, 0.1) is 6.61 Å². The lowest BCUT2D eigenvalue weighted by Gasteiger charge is -2.44. The maximum Gasteiger partial charge on any atom is 0.0562 e. The predicted octanol–water partition coefficient (Wildman–Crippen LogP) is 6.32. The molecule has 0 aromatic rings. The van der Waals surface area contributed by atoms with Gasteiger partial charge in [-0.1, -0.05) is 30.4 Å². The number of rotatable bonds is 6. The van der Waals surface area contributed by atoms with E-state index in [2.05, 4.69) is 43.9 Å². The van der Waals surface area contributed by atoms with Crippen LogP contribution in [0.3, 0.4) is 0 Å². The number of ether oxygens (including phenoxy) is 1. The van der Waals surface area contributed by atoms with Crippen molar-refractivity contribution < 1.29 is 4.74 Å². The molecule has 1 unspecified atom stereocenters. The second-order valence-electron chi connectivity index (χ2n) is 8.38. The van der Waals surface area contributed by atoms with E-state index in [-0.39, 0.29) is 5.41 Å². The summed E-state index contributed by atoms with van der Waals surface area (Å²) in [4.78, 5) is 0. The zero-order valence-electron chi connectivity index (χ0n) is 15.6. The second kappa shape index (κ2) is 8.52. The van der Waals surface area contributed by atoms with Gasteiger partial charge >= 0.3 is 0 Å². The lowest BCUT2D eigenvalue weighted by molar-refractivity contribution is 0.0179. The van der Waals surface area contributed by atoms with Crippen LogP contribution >= 0.6 is 0 Å². The molecule has 0 spiro atoms. The van der Waals surface area contributed by atoms with Crippen LogP contribution in [0.5, 0.6) is 0 Å². The molecule has 134 valence electrons. The maximum absolute atomic E-state index is 5.90. The predicted molar refractivity (Wildman–Crippen MR) is 103 cm³/mol. The molecule has 2 fully saturated rings. The smallest absolute Gasteiger partial charge is 0.0562 e. The van der Waals surface area contributed by atoms with E-state index < -0.39 is 0 Å². The third kappa shape index (κ3) is 4.04. The molecule has 24 heavy (non-hydrogen) atoms. The third-order valence-corrected chi connectivity index (χ3v) is 7.15. The van der Waals surface area contributed by atoms with Crippen LogP contribution in [-0.4, -0.2) is 13.2 Å². The summed E-state index contributed by atoms with van der Waals surface area (Å²) in [6, 6.07) is 0. The number of hydrogen-bond acceptors (Lipinski definition) is 1. The van der Waals surface area contributed by atoms with Crippen molar-refractivity contribution in [2.75, 3.05) is 13.2 Å². The molecule has 0 aromatic carbocycles. The fourth-order valence-electron chi connectivity index (χ4n) is 5.52. The molecule has 0 heterocycles. The SMILES string of the molecule is C=C[C@H]1CC[C@H]([C@H]2CC[C@H](C3(COCC)C=CC=CC3)CC2)CC1. The fraction of sp³-hybridized carbons (Fsp3) is 0.739. The summed E-state index contributed by atoms with van der Waals surface area (Å²) < 4.78 is 5.90. The van der Waals surface area contributed by atoms with E-state index >= 15 is 0 Å². The van der Waals surface area contributed by atoms with Gasteiger partial charge in [0.1, 0.15) is 0 Å². The van der Waals surface area contributed by atoms with Crippen LogP contribution < -0.4 is 0 Å². The average molecular weight is 329 g/mol. The van der Waals surface area contributed by atoms with E-state index in [1.165, 1.54) is 57.8 Å². The van der Waals surface area contributed by atoms with Gasteiger partial charge in [-0.15, -0.1) is 6.58 Å². The van der Waals surface area contributed by atoms with Crippen molar-refractivity contribution >= 4 is 0 Å². The summed E-state index contributed by atoms with van der Waals surface area (Å²) >= 11 is 0. The molecule has 3 aliphatic rings. The zero-order chi connectivity index (χ0) is 16.8. The van der Waals surface area contributed by atoms with Gasteiger partial charge in [-0.25, -0.2) is 0 Å². The lowest BCUT2D eigenvalue weighted by Crippen LogP contribution is -2.37. The highest BCUT2D eigenvalue weighted by atomic mass is 16.5. The molecule has 0 N–H and O–H groups in total. The van der Waals surface area contributed by atoms with Gasteiger partial charge in [0.2, 0.25) is 0 Å². The van der Waals surface area contributed by atoms with Crippen LogP contribution in [0.15, 0.2) is 37.0 Å². The van der Waals surface area contributed by atoms with E-state index in [1.54, 1.807) is 0 Å². The molecule has 3 rings (SSSR count). The Morgan fingerprint density at radius 2 is 1.67 bits per heavy atom. The largest absolute Gasteiger partial charge is 0.381 e. The highest BCUT2D eigenvalue weighted by Crippen LogP contribution is 2.48.